The third-order valence-electron chi connectivity index (χ3n) is 2.80. The summed E-state index contributed by atoms with van der Waals surface area (Å²) in [7, 11) is 1.62. The molecule has 104 valence electrons. The molecule has 20 heavy (non-hydrogen) atoms. The lowest BCUT2D eigenvalue weighted by molar-refractivity contribution is -0.109. The number of fused-ring (bicyclic) bond motifs is 1. The Bertz CT molecular complexity index is 637. The van der Waals surface area contributed by atoms with Crippen LogP contribution in [0.3, 0.4) is 0 Å². The number of hydrogen-bond acceptors (Lipinski definition) is 4. The number of carbonyl (C=O) groups excluding carboxylic acids is 1. The van der Waals surface area contributed by atoms with Crippen molar-refractivity contribution in [3.63, 3.8) is 0 Å². The first-order chi connectivity index (χ1) is 9.69. The van der Waals surface area contributed by atoms with E-state index in [-0.39, 0.29) is 5.12 Å². The molecule has 0 spiro atoms. The zero-order chi connectivity index (χ0) is 14.4. The Hall–Kier alpha value is -1.81. The van der Waals surface area contributed by atoms with Crippen molar-refractivity contribution in [3.05, 3.63) is 42.0 Å². The number of rotatable bonds is 5. The van der Waals surface area contributed by atoms with Crippen LogP contribution in [0.25, 0.3) is 17.0 Å². The number of methoxy groups -OCH3 is 1. The number of pyridine rings is 1. The number of hydrogen-bond donors (Lipinski definition) is 0. The molecule has 1 heterocycles. The highest BCUT2D eigenvalue weighted by atomic mass is 32.2. The molecule has 0 aliphatic carbocycles. The van der Waals surface area contributed by atoms with E-state index in [0.717, 1.165) is 28.6 Å². The van der Waals surface area contributed by atoms with Crippen molar-refractivity contribution in [1.82, 2.24) is 4.98 Å². The van der Waals surface area contributed by atoms with Gasteiger partial charge >= 0.3 is 0 Å². The van der Waals surface area contributed by atoms with Gasteiger partial charge in [0.1, 0.15) is 0 Å². The van der Waals surface area contributed by atoms with Crippen LogP contribution >= 0.6 is 11.8 Å². The average Bonchev–Trinajstić information content (AvgIpc) is 2.46. The highest BCUT2D eigenvalue weighted by Gasteiger charge is 1.98. The number of aromatic nitrogens is 1. The summed E-state index contributed by atoms with van der Waals surface area (Å²) in [6, 6.07) is 9.98. The number of thioether (sulfide) groups is 1. The molecule has 0 atom stereocenters. The molecule has 1 aromatic heterocycles. The van der Waals surface area contributed by atoms with Gasteiger partial charge in [0.25, 0.3) is 0 Å². The fraction of sp³-hybridized carbons (Fsp3) is 0.250. The van der Waals surface area contributed by atoms with E-state index in [4.69, 9.17) is 4.74 Å². The van der Waals surface area contributed by atoms with Crippen LogP contribution in [0.5, 0.6) is 5.88 Å². The fourth-order valence-electron chi connectivity index (χ4n) is 1.83. The van der Waals surface area contributed by atoms with Crippen LogP contribution in [-0.4, -0.2) is 23.0 Å². The van der Waals surface area contributed by atoms with E-state index in [0.29, 0.717) is 5.88 Å². The van der Waals surface area contributed by atoms with Crippen molar-refractivity contribution in [3.8, 4) is 5.88 Å². The summed E-state index contributed by atoms with van der Waals surface area (Å²) in [5.74, 6) is 1.46. The van der Waals surface area contributed by atoms with Crippen LogP contribution in [0.4, 0.5) is 0 Å². The minimum absolute atomic E-state index is 0.170. The molecule has 0 unspecified atom stereocenters. The first kappa shape index (κ1) is 14.6. The molecular formula is C16H17NO2S. The van der Waals surface area contributed by atoms with Crippen LogP contribution in [0.2, 0.25) is 0 Å². The van der Waals surface area contributed by atoms with Gasteiger partial charge < -0.3 is 4.74 Å². The summed E-state index contributed by atoms with van der Waals surface area (Å²) >= 11 is 1.36. The molecule has 0 saturated carbocycles. The van der Waals surface area contributed by atoms with Gasteiger partial charge in [-0.1, -0.05) is 30.0 Å². The van der Waals surface area contributed by atoms with Crippen LogP contribution < -0.4 is 4.74 Å². The molecule has 0 bridgehead atoms. The van der Waals surface area contributed by atoms with E-state index >= 15 is 0 Å². The Morgan fingerprint density at radius 2 is 2.20 bits per heavy atom. The number of benzene rings is 1. The van der Waals surface area contributed by atoms with E-state index in [1.165, 1.54) is 11.8 Å². The Kier molecular flexibility index (Phi) is 5.18. The monoisotopic (exact) mass is 287 g/mol. The topological polar surface area (TPSA) is 39.2 Å². The van der Waals surface area contributed by atoms with E-state index in [1.807, 2.05) is 24.3 Å². The van der Waals surface area contributed by atoms with Gasteiger partial charge in [-0.3, -0.25) is 4.79 Å². The van der Waals surface area contributed by atoms with Gasteiger partial charge in [0.15, 0.2) is 5.12 Å². The van der Waals surface area contributed by atoms with Crippen LogP contribution in [0.15, 0.2) is 36.4 Å². The van der Waals surface area contributed by atoms with E-state index < -0.39 is 0 Å². The lowest BCUT2D eigenvalue weighted by atomic mass is 10.1. The molecule has 2 aromatic rings. The standard InChI is InChI=1S/C16H17NO2S/c1-12(18)20-10-4-3-5-13-6-8-15-14(11-13)7-9-16(17-15)19-2/h3,5-9,11H,4,10H2,1-2H3. The van der Waals surface area contributed by atoms with Gasteiger partial charge in [0.05, 0.1) is 12.6 Å². The minimum atomic E-state index is 0.170. The van der Waals surface area contributed by atoms with Crippen LogP contribution in [0, 0.1) is 0 Å². The predicted molar refractivity (Wildman–Crippen MR) is 85.1 cm³/mol. The molecule has 0 radical (unpaired) electrons. The van der Waals surface area contributed by atoms with Crippen LogP contribution in [-0.2, 0) is 4.79 Å². The summed E-state index contributed by atoms with van der Waals surface area (Å²) in [6.45, 7) is 1.60. The maximum absolute atomic E-state index is 10.8. The zero-order valence-electron chi connectivity index (χ0n) is 11.6. The normalized spacial score (nSPS) is 11.1. The van der Waals surface area contributed by atoms with Crippen LogP contribution in [0.1, 0.15) is 18.9 Å². The Labute approximate surface area is 123 Å². The van der Waals surface area contributed by atoms with E-state index in [2.05, 4.69) is 23.2 Å². The predicted octanol–water partition coefficient (Wildman–Crippen LogP) is 3.93. The maximum atomic E-state index is 10.8. The summed E-state index contributed by atoms with van der Waals surface area (Å²) in [5.41, 5.74) is 2.06. The van der Waals surface area contributed by atoms with Crippen molar-refractivity contribution in [2.75, 3.05) is 12.9 Å². The van der Waals surface area contributed by atoms with Crippen molar-refractivity contribution in [2.24, 2.45) is 0 Å². The molecule has 0 aliphatic rings. The number of allylic oxidation sites excluding steroid dienone is 1. The molecule has 1 aromatic carbocycles. The third kappa shape index (κ3) is 4.10. The number of nitrogens with zero attached hydrogens (tertiary/aromatic N) is 1. The van der Waals surface area contributed by atoms with Gasteiger partial charge in [-0.2, -0.15) is 0 Å². The second kappa shape index (κ2) is 7.10. The molecule has 0 aliphatic heterocycles. The molecule has 0 saturated heterocycles. The first-order valence-electron chi connectivity index (χ1n) is 6.44. The van der Waals surface area contributed by atoms with Gasteiger partial charge in [-0.25, -0.2) is 4.98 Å². The largest absolute Gasteiger partial charge is 0.481 e. The first-order valence-corrected chi connectivity index (χ1v) is 7.42. The van der Waals surface area contributed by atoms with E-state index in [1.54, 1.807) is 14.0 Å². The molecule has 2 rings (SSSR count). The second-order valence-electron chi connectivity index (χ2n) is 4.34. The van der Waals surface area contributed by atoms with Gasteiger partial charge in [0, 0.05) is 24.1 Å². The average molecular weight is 287 g/mol. The van der Waals surface area contributed by atoms with Crippen molar-refractivity contribution in [1.29, 1.82) is 0 Å². The summed E-state index contributed by atoms with van der Waals surface area (Å²) in [6.07, 6.45) is 5.06. The Balaban J connectivity index is 2.04. The number of carbonyl (C=O) groups is 1. The molecule has 4 heteroatoms. The summed E-state index contributed by atoms with van der Waals surface area (Å²) < 4.78 is 5.11. The minimum Gasteiger partial charge on any atom is -0.481 e. The maximum Gasteiger partial charge on any atom is 0.213 e. The fourth-order valence-corrected chi connectivity index (χ4v) is 2.37. The third-order valence-corrected chi connectivity index (χ3v) is 3.64. The van der Waals surface area contributed by atoms with Gasteiger partial charge in [-0.05, 0) is 30.2 Å². The lowest BCUT2D eigenvalue weighted by Crippen LogP contribution is -1.87. The SMILES string of the molecule is COc1ccc2cc(C=CCCSC(C)=O)ccc2n1. The summed E-state index contributed by atoms with van der Waals surface area (Å²) in [4.78, 5) is 15.2. The highest BCUT2D eigenvalue weighted by Crippen LogP contribution is 2.19. The van der Waals surface area contributed by atoms with Crippen molar-refractivity contribution in [2.45, 2.75) is 13.3 Å². The zero-order valence-corrected chi connectivity index (χ0v) is 12.4. The van der Waals surface area contributed by atoms with Gasteiger partial charge in [-0.15, -0.1) is 0 Å². The molecule has 3 nitrogen and oxygen atoms in total. The van der Waals surface area contributed by atoms with Crippen molar-refractivity contribution >= 4 is 33.9 Å². The quantitative estimate of drug-likeness (QED) is 0.781. The highest BCUT2D eigenvalue weighted by molar-refractivity contribution is 8.13. The van der Waals surface area contributed by atoms with E-state index in [9.17, 15) is 4.79 Å². The number of ether oxygens (including phenoxy) is 1. The second-order valence-corrected chi connectivity index (χ2v) is 5.61. The molecular weight excluding hydrogens is 270 g/mol. The molecule has 0 N–H and O–H groups in total. The molecule has 0 amide bonds. The van der Waals surface area contributed by atoms with Crippen molar-refractivity contribution < 1.29 is 9.53 Å². The molecule has 0 fully saturated rings. The Morgan fingerprint density at radius 3 is 2.95 bits per heavy atom. The summed E-state index contributed by atoms with van der Waals surface area (Å²) in [5, 5.41) is 1.26. The van der Waals surface area contributed by atoms with Gasteiger partial charge in [0.2, 0.25) is 5.88 Å². The smallest absolute Gasteiger partial charge is 0.213 e. The Morgan fingerprint density at radius 1 is 1.35 bits per heavy atom. The lowest BCUT2D eigenvalue weighted by Gasteiger charge is -2.02.